The molecule has 0 aliphatic carbocycles. The Bertz CT molecular complexity index is 694. The molecule has 0 atom stereocenters. The summed E-state index contributed by atoms with van der Waals surface area (Å²) in [7, 11) is -3.21. The molecule has 100 valence electrons. The number of aromatic nitrogens is 2. The lowest BCUT2D eigenvalue weighted by Crippen LogP contribution is -2.00. The first kappa shape index (κ1) is 13.7. The van der Waals surface area contributed by atoms with Crippen molar-refractivity contribution in [3.05, 3.63) is 42.5 Å². The van der Waals surface area contributed by atoms with E-state index in [0.29, 0.717) is 4.90 Å². The van der Waals surface area contributed by atoms with Crippen molar-refractivity contribution in [3.63, 3.8) is 0 Å². The SMILES string of the molecule is CC(C)c1ncncc1-c1cccc(S(C)(=O)=O)c1. The Morgan fingerprint density at radius 3 is 2.58 bits per heavy atom. The number of nitrogens with zero attached hydrogens (tertiary/aromatic N) is 2. The molecule has 0 spiro atoms. The van der Waals surface area contributed by atoms with Gasteiger partial charge in [-0.05, 0) is 23.6 Å². The zero-order chi connectivity index (χ0) is 14.0. The van der Waals surface area contributed by atoms with Crippen molar-refractivity contribution in [2.24, 2.45) is 0 Å². The van der Waals surface area contributed by atoms with Crippen molar-refractivity contribution in [2.45, 2.75) is 24.7 Å². The van der Waals surface area contributed by atoms with Gasteiger partial charge in [-0.3, -0.25) is 0 Å². The predicted molar refractivity (Wildman–Crippen MR) is 74.7 cm³/mol. The fourth-order valence-electron chi connectivity index (χ4n) is 1.92. The predicted octanol–water partition coefficient (Wildman–Crippen LogP) is 2.67. The third-order valence-electron chi connectivity index (χ3n) is 2.86. The van der Waals surface area contributed by atoms with Gasteiger partial charge in [-0.25, -0.2) is 18.4 Å². The van der Waals surface area contributed by atoms with Crippen LogP contribution in [0.1, 0.15) is 25.5 Å². The zero-order valence-electron chi connectivity index (χ0n) is 11.2. The summed E-state index contributed by atoms with van der Waals surface area (Å²) in [5.41, 5.74) is 2.62. The van der Waals surface area contributed by atoms with Crippen molar-refractivity contribution < 1.29 is 8.42 Å². The summed E-state index contributed by atoms with van der Waals surface area (Å²) in [6.45, 7) is 4.10. The van der Waals surface area contributed by atoms with Gasteiger partial charge in [0, 0.05) is 18.0 Å². The fraction of sp³-hybridized carbons (Fsp3) is 0.286. The standard InChI is InChI=1S/C14H16N2O2S/c1-10(2)14-13(8-15-9-16-14)11-5-4-6-12(7-11)19(3,17)18/h4-10H,1-3H3. The molecule has 2 rings (SSSR count). The van der Waals surface area contributed by atoms with E-state index in [-0.39, 0.29) is 5.92 Å². The van der Waals surface area contributed by atoms with E-state index in [1.54, 1.807) is 24.4 Å². The third-order valence-corrected chi connectivity index (χ3v) is 3.97. The Labute approximate surface area is 113 Å². The lowest BCUT2D eigenvalue weighted by Gasteiger charge is -2.11. The van der Waals surface area contributed by atoms with Gasteiger partial charge in [0.15, 0.2) is 9.84 Å². The highest BCUT2D eigenvalue weighted by molar-refractivity contribution is 7.90. The number of hydrogen-bond acceptors (Lipinski definition) is 4. The van der Waals surface area contributed by atoms with E-state index < -0.39 is 9.84 Å². The molecule has 19 heavy (non-hydrogen) atoms. The first-order valence-corrected chi connectivity index (χ1v) is 7.89. The summed E-state index contributed by atoms with van der Waals surface area (Å²) in [5, 5.41) is 0. The van der Waals surface area contributed by atoms with Crippen LogP contribution in [-0.2, 0) is 9.84 Å². The van der Waals surface area contributed by atoms with Gasteiger partial charge in [-0.2, -0.15) is 0 Å². The lowest BCUT2D eigenvalue weighted by atomic mass is 9.99. The molecule has 0 aliphatic heterocycles. The summed E-state index contributed by atoms with van der Waals surface area (Å²) >= 11 is 0. The van der Waals surface area contributed by atoms with E-state index in [0.717, 1.165) is 16.8 Å². The normalized spacial score (nSPS) is 11.8. The molecule has 4 nitrogen and oxygen atoms in total. The summed E-state index contributed by atoms with van der Waals surface area (Å²) in [6.07, 6.45) is 4.44. The largest absolute Gasteiger partial charge is 0.244 e. The van der Waals surface area contributed by atoms with Crippen LogP contribution in [0.5, 0.6) is 0 Å². The zero-order valence-corrected chi connectivity index (χ0v) is 12.0. The molecule has 1 heterocycles. The number of hydrogen-bond donors (Lipinski definition) is 0. The van der Waals surface area contributed by atoms with Crippen LogP contribution in [0.15, 0.2) is 41.7 Å². The molecule has 0 amide bonds. The topological polar surface area (TPSA) is 59.9 Å². The van der Waals surface area contributed by atoms with Crippen LogP contribution in [0, 0.1) is 0 Å². The highest BCUT2D eigenvalue weighted by Crippen LogP contribution is 2.28. The molecule has 5 heteroatoms. The van der Waals surface area contributed by atoms with Gasteiger partial charge in [0.25, 0.3) is 0 Å². The molecule has 0 saturated carbocycles. The first-order chi connectivity index (χ1) is 8.89. The van der Waals surface area contributed by atoms with E-state index in [4.69, 9.17) is 0 Å². The minimum atomic E-state index is -3.21. The van der Waals surface area contributed by atoms with Gasteiger partial charge < -0.3 is 0 Å². The monoisotopic (exact) mass is 276 g/mol. The van der Waals surface area contributed by atoms with Gasteiger partial charge in [0.1, 0.15) is 6.33 Å². The van der Waals surface area contributed by atoms with Crippen molar-refractivity contribution in [1.29, 1.82) is 0 Å². The van der Waals surface area contributed by atoms with Crippen LogP contribution in [0.25, 0.3) is 11.1 Å². The second kappa shape index (κ2) is 5.09. The second-order valence-electron chi connectivity index (χ2n) is 4.78. The van der Waals surface area contributed by atoms with Gasteiger partial charge in [0.2, 0.25) is 0 Å². The highest BCUT2D eigenvalue weighted by atomic mass is 32.2. The van der Waals surface area contributed by atoms with Gasteiger partial charge in [0.05, 0.1) is 10.6 Å². The van der Waals surface area contributed by atoms with Crippen LogP contribution in [0.4, 0.5) is 0 Å². The summed E-state index contributed by atoms with van der Waals surface area (Å²) in [6, 6.07) is 6.87. The summed E-state index contributed by atoms with van der Waals surface area (Å²) in [4.78, 5) is 8.63. The molecular formula is C14H16N2O2S. The van der Waals surface area contributed by atoms with Gasteiger partial charge in [-0.15, -0.1) is 0 Å². The highest BCUT2D eigenvalue weighted by Gasteiger charge is 2.13. The average molecular weight is 276 g/mol. The molecule has 0 N–H and O–H groups in total. The maximum Gasteiger partial charge on any atom is 0.175 e. The Balaban J connectivity index is 2.60. The van der Waals surface area contributed by atoms with E-state index in [2.05, 4.69) is 9.97 Å². The van der Waals surface area contributed by atoms with Gasteiger partial charge in [-0.1, -0.05) is 26.0 Å². The molecule has 0 bridgehead atoms. The fourth-order valence-corrected chi connectivity index (χ4v) is 2.58. The Morgan fingerprint density at radius 1 is 1.21 bits per heavy atom. The molecule has 0 unspecified atom stereocenters. The quantitative estimate of drug-likeness (QED) is 0.864. The van der Waals surface area contributed by atoms with Crippen molar-refractivity contribution >= 4 is 9.84 Å². The Kier molecular flexibility index (Phi) is 3.66. The van der Waals surface area contributed by atoms with E-state index in [9.17, 15) is 8.42 Å². The Morgan fingerprint density at radius 2 is 1.95 bits per heavy atom. The maximum absolute atomic E-state index is 11.6. The average Bonchev–Trinajstić information content (AvgIpc) is 2.38. The van der Waals surface area contributed by atoms with Crippen molar-refractivity contribution in [3.8, 4) is 11.1 Å². The van der Waals surface area contributed by atoms with E-state index in [1.165, 1.54) is 12.6 Å². The number of benzene rings is 1. The molecule has 1 aromatic carbocycles. The molecule has 2 aromatic rings. The molecule has 0 aliphatic rings. The van der Waals surface area contributed by atoms with Gasteiger partial charge >= 0.3 is 0 Å². The summed E-state index contributed by atoms with van der Waals surface area (Å²) in [5.74, 6) is 0.250. The van der Waals surface area contributed by atoms with Crippen molar-refractivity contribution in [1.82, 2.24) is 9.97 Å². The minimum Gasteiger partial charge on any atom is -0.244 e. The van der Waals surface area contributed by atoms with E-state index >= 15 is 0 Å². The van der Waals surface area contributed by atoms with Crippen LogP contribution in [0.3, 0.4) is 0 Å². The first-order valence-electron chi connectivity index (χ1n) is 6.00. The molecule has 1 aromatic heterocycles. The third kappa shape index (κ3) is 2.98. The van der Waals surface area contributed by atoms with Crippen molar-refractivity contribution in [2.75, 3.05) is 6.26 Å². The van der Waals surface area contributed by atoms with Crippen LogP contribution in [-0.4, -0.2) is 24.6 Å². The van der Waals surface area contributed by atoms with E-state index in [1.807, 2.05) is 19.9 Å². The second-order valence-corrected chi connectivity index (χ2v) is 6.79. The Hall–Kier alpha value is -1.75. The maximum atomic E-state index is 11.6. The number of sulfone groups is 1. The minimum absolute atomic E-state index is 0.250. The van der Waals surface area contributed by atoms with Crippen LogP contribution >= 0.6 is 0 Å². The lowest BCUT2D eigenvalue weighted by molar-refractivity contribution is 0.602. The molecule has 0 radical (unpaired) electrons. The smallest absolute Gasteiger partial charge is 0.175 e. The van der Waals surface area contributed by atoms with Crippen LogP contribution < -0.4 is 0 Å². The van der Waals surface area contributed by atoms with Crippen LogP contribution in [0.2, 0.25) is 0 Å². The molecular weight excluding hydrogens is 260 g/mol. The molecule has 0 fully saturated rings. The molecule has 0 saturated heterocycles. The summed E-state index contributed by atoms with van der Waals surface area (Å²) < 4.78 is 23.2. The number of rotatable bonds is 3.